The highest BCUT2D eigenvalue weighted by Gasteiger charge is 2.54. The first-order chi connectivity index (χ1) is 17.2. The topological polar surface area (TPSA) is 38.7 Å². The number of nitrogens with one attached hydrogen (secondary N) is 1. The Morgan fingerprint density at radius 3 is 2.50 bits per heavy atom. The molecule has 4 aliphatic rings. The zero-order valence-electron chi connectivity index (χ0n) is 22.5. The summed E-state index contributed by atoms with van der Waals surface area (Å²) in [4.78, 5) is 4.71. The van der Waals surface area contributed by atoms with Crippen LogP contribution in [0, 0.1) is 24.6 Å². The molecule has 0 bridgehead atoms. The van der Waals surface area contributed by atoms with Crippen molar-refractivity contribution >= 4 is 0 Å². The second-order valence-electron chi connectivity index (χ2n) is 10.7. The first-order valence-electron chi connectivity index (χ1n) is 13.3. The van der Waals surface area contributed by atoms with E-state index in [1.807, 2.05) is 26.0 Å². The summed E-state index contributed by atoms with van der Waals surface area (Å²) < 4.78 is 13.7. The first kappa shape index (κ1) is 26.3. The van der Waals surface area contributed by atoms with Gasteiger partial charge in [0.15, 0.2) is 0 Å². The number of aryl methyl sites for hydroxylation is 1. The van der Waals surface area contributed by atoms with Crippen LogP contribution < -0.4 is 5.32 Å². The highest BCUT2D eigenvalue weighted by Crippen LogP contribution is 2.54. The van der Waals surface area contributed by atoms with Gasteiger partial charge in [-0.2, -0.15) is 0 Å². The van der Waals surface area contributed by atoms with Crippen LogP contribution in [0.1, 0.15) is 57.1 Å². The molecule has 0 amide bonds. The van der Waals surface area contributed by atoms with Crippen molar-refractivity contribution in [1.29, 1.82) is 0 Å². The van der Waals surface area contributed by atoms with Crippen LogP contribution in [-0.4, -0.2) is 40.7 Å². The van der Waals surface area contributed by atoms with Gasteiger partial charge in [0, 0.05) is 32.3 Å². The summed E-state index contributed by atoms with van der Waals surface area (Å²) in [7, 11) is 2.18. The Morgan fingerprint density at radius 2 is 1.89 bits per heavy atom. The van der Waals surface area contributed by atoms with Gasteiger partial charge >= 0.3 is 0 Å². The number of fused-ring (bicyclic) bond motifs is 1. The Labute approximate surface area is 216 Å². The molecule has 2 N–H and O–H groups in total. The Hall–Kier alpha value is -2.79. The third-order valence-electron chi connectivity index (χ3n) is 8.46. The van der Waals surface area contributed by atoms with Crippen LogP contribution in [0.4, 0.5) is 4.39 Å². The number of halogens is 1. The molecule has 2 atom stereocenters. The van der Waals surface area contributed by atoms with Crippen LogP contribution in [0.5, 0.6) is 0 Å². The van der Waals surface area contributed by atoms with Crippen LogP contribution in [0.2, 0.25) is 0 Å². The van der Waals surface area contributed by atoms with Gasteiger partial charge in [-0.15, -0.1) is 0 Å². The number of nitrogens with zero attached hydrogens (tertiary/aromatic N) is 2. The molecule has 36 heavy (non-hydrogen) atoms. The molecular formula is C31H42FN3O. The zero-order chi connectivity index (χ0) is 26.2. The minimum Gasteiger partial charge on any atom is -0.508 e. The number of likely N-dealkylation sites (tertiary alicyclic amines) is 1. The molecule has 2 unspecified atom stereocenters. The maximum absolute atomic E-state index is 13.7. The minimum atomic E-state index is -0.177. The fourth-order valence-electron chi connectivity index (χ4n) is 6.82. The Bertz CT molecular complexity index is 1110. The maximum atomic E-state index is 13.7. The van der Waals surface area contributed by atoms with E-state index in [0.29, 0.717) is 30.5 Å². The predicted octanol–water partition coefficient (Wildman–Crippen LogP) is 6.74. The summed E-state index contributed by atoms with van der Waals surface area (Å²) in [6.07, 6.45) is 6.83. The molecular weight excluding hydrogens is 449 g/mol. The van der Waals surface area contributed by atoms with Gasteiger partial charge in [-0.3, -0.25) is 4.90 Å². The Balaban J connectivity index is 0.00000148. The Morgan fingerprint density at radius 1 is 1.22 bits per heavy atom. The van der Waals surface area contributed by atoms with Crippen molar-refractivity contribution in [2.45, 2.75) is 65.1 Å². The molecule has 5 rings (SSSR count). The minimum absolute atomic E-state index is 0.0901. The number of benzene rings is 1. The number of hydrogen-bond donors (Lipinski definition) is 2. The van der Waals surface area contributed by atoms with Gasteiger partial charge in [0.05, 0.1) is 11.4 Å². The van der Waals surface area contributed by atoms with E-state index in [0.717, 1.165) is 66.8 Å². The molecule has 1 spiro atoms. The molecule has 1 aromatic carbocycles. The molecule has 194 valence electrons. The number of aliphatic hydroxyl groups excluding tert-OH is 1. The van der Waals surface area contributed by atoms with E-state index < -0.39 is 0 Å². The van der Waals surface area contributed by atoms with Gasteiger partial charge in [0.25, 0.3) is 0 Å². The van der Waals surface area contributed by atoms with Crippen molar-refractivity contribution in [2.24, 2.45) is 11.8 Å². The molecule has 2 heterocycles. The Kier molecular flexibility index (Phi) is 7.51. The second-order valence-corrected chi connectivity index (χ2v) is 10.7. The van der Waals surface area contributed by atoms with E-state index in [1.165, 1.54) is 17.7 Å². The monoisotopic (exact) mass is 491 g/mol. The lowest BCUT2D eigenvalue weighted by atomic mass is 9.92. The van der Waals surface area contributed by atoms with E-state index in [9.17, 15) is 9.50 Å². The summed E-state index contributed by atoms with van der Waals surface area (Å²) in [6.45, 7) is 20.5. The zero-order valence-corrected chi connectivity index (χ0v) is 22.5. The third kappa shape index (κ3) is 4.66. The molecule has 1 aromatic rings. The molecule has 2 aliphatic carbocycles. The van der Waals surface area contributed by atoms with E-state index in [-0.39, 0.29) is 17.2 Å². The summed E-state index contributed by atoms with van der Waals surface area (Å²) in [5.41, 5.74) is 7.19. The first-order valence-corrected chi connectivity index (χ1v) is 13.3. The highest BCUT2D eigenvalue weighted by molar-refractivity contribution is 5.50. The summed E-state index contributed by atoms with van der Waals surface area (Å²) in [5, 5.41) is 14.6. The van der Waals surface area contributed by atoms with Crippen molar-refractivity contribution in [3.63, 3.8) is 0 Å². The summed E-state index contributed by atoms with van der Waals surface area (Å²) in [6, 6.07) is 5.29. The fraction of sp³-hybridized carbons (Fsp3) is 0.484. The van der Waals surface area contributed by atoms with Crippen molar-refractivity contribution in [3.05, 3.63) is 94.8 Å². The lowest BCUT2D eigenvalue weighted by Gasteiger charge is -2.37. The van der Waals surface area contributed by atoms with E-state index in [2.05, 4.69) is 41.9 Å². The SMILES string of the molecule is C=C/C(O)=C1/CN(Cc2ccc(F)c(C)c2)CC/C1=C1\C(=C)NC2(CC3CC(=C)CC3C2)N1C.CC. The van der Waals surface area contributed by atoms with Gasteiger partial charge in [0.2, 0.25) is 0 Å². The van der Waals surface area contributed by atoms with Crippen molar-refractivity contribution in [2.75, 3.05) is 20.1 Å². The summed E-state index contributed by atoms with van der Waals surface area (Å²) in [5.74, 6) is 1.43. The van der Waals surface area contributed by atoms with E-state index in [1.54, 1.807) is 6.92 Å². The van der Waals surface area contributed by atoms with Crippen LogP contribution in [0.25, 0.3) is 0 Å². The fourth-order valence-corrected chi connectivity index (χ4v) is 6.82. The van der Waals surface area contributed by atoms with E-state index in [4.69, 9.17) is 0 Å². The average molecular weight is 492 g/mol. The number of piperidine rings is 1. The molecule has 0 aromatic heterocycles. The third-order valence-corrected chi connectivity index (χ3v) is 8.46. The lowest BCUT2D eigenvalue weighted by molar-refractivity contribution is 0.167. The molecule has 2 saturated carbocycles. The van der Waals surface area contributed by atoms with Gasteiger partial charge in [0.1, 0.15) is 17.2 Å². The van der Waals surface area contributed by atoms with Crippen LogP contribution in [0.3, 0.4) is 0 Å². The smallest absolute Gasteiger partial charge is 0.126 e. The lowest BCUT2D eigenvalue weighted by Crippen LogP contribution is -2.47. The number of allylic oxidation sites excluding steroid dienone is 2. The largest absolute Gasteiger partial charge is 0.508 e. The van der Waals surface area contributed by atoms with E-state index >= 15 is 0 Å². The number of aliphatic hydroxyl groups is 1. The van der Waals surface area contributed by atoms with Crippen molar-refractivity contribution in [1.82, 2.24) is 15.1 Å². The molecule has 2 aliphatic heterocycles. The van der Waals surface area contributed by atoms with Gasteiger partial charge in [-0.1, -0.05) is 51.3 Å². The van der Waals surface area contributed by atoms with Crippen LogP contribution >= 0.6 is 0 Å². The number of rotatable bonds is 3. The van der Waals surface area contributed by atoms with Crippen molar-refractivity contribution < 1.29 is 9.50 Å². The number of hydrogen-bond acceptors (Lipinski definition) is 4. The molecule has 2 saturated heterocycles. The quantitative estimate of drug-likeness (QED) is 0.363. The number of likely N-dealkylation sites (N-methyl/N-ethyl adjacent to an activating group) is 1. The predicted molar refractivity (Wildman–Crippen MR) is 147 cm³/mol. The molecule has 0 radical (unpaired) electrons. The standard InChI is InChI=1S/C29H36FN3O.C2H6/c1-6-27(34)25-17-33(16-21-7-8-26(30)19(3)13-21)10-9-24(25)28-20(4)31-29(32(28)5)14-22-11-18(2)12-23(22)15-29;1-2/h6-8,13,22-23,31,34H,1-2,4,9-12,14-17H2,3,5H3;1-2H3/b27-25+,28-24-;. The maximum Gasteiger partial charge on any atom is 0.126 e. The van der Waals surface area contributed by atoms with Gasteiger partial charge in [-0.25, -0.2) is 4.39 Å². The molecule has 5 heteroatoms. The van der Waals surface area contributed by atoms with Crippen LogP contribution in [0.15, 0.2) is 77.9 Å². The molecule has 4 nitrogen and oxygen atoms in total. The normalized spacial score (nSPS) is 31.3. The van der Waals surface area contributed by atoms with Crippen LogP contribution in [-0.2, 0) is 6.54 Å². The van der Waals surface area contributed by atoms with Gasteiger partial charge in [-0.05, 0) is 79.7 Å². The molecule has 4 fully saturated rings. The van der Waals surface area contributed by atoms with Gasteiger partial charge < -0.3 is 15.3 Å². The average Bonchev–Trinajstić information content (AvgIpc) is 3.45. The summed E-state index contributed by atoms with van der Waals surface area (Å²) >= 11 is 0. The highest BCUT2D eigenvalue weighted by atomic mass is 19.1. The van der Waals surface area contributed by atoms with Crippen molar-refractivity contribution in [3.8, 4) is 0 Å². The second kappa shape index (κ2) is 10.3.